The van der Waals surface area contributed by atoms with Gasteiger partial charge in [-0.15, -0.1) is 21.5 Å². The highest BCUT2D eigenvalue weighted by atomic mass is 32.2. The Morgan fingerprint density at radius 2 is 2.13 bits per heavy atom. The molecule has 4 aromatic rings. The summed E-state index contributed by atoms with van der Waals surface area (Å²) in [5.74, 6) is 1.91. The van der Waals surface area contributed by atoms with Gasteiger partial charge >= 0.3 is 0 Å². The molecule has 6 rings (SSSR count). The predicted octanol–water partition coefficient (Wildman–Crippen LogP) is 3.22. The van der Waals surface area contributed by atoms with Crippen LogP contribution in [-0.2, 0) is 17.6 Å². The average molecular weight is 442 g/mol. The minimum Gasteiger partial charge on any atom is -0.342 e. The van der Waals surface area contributed by atoms with Crippen LogP contribution < -0.4 is 0 Å². The number of thiophene rings is 1. The molecular formula is C20H23N7OS2. The number of thioether (sulfide) groups is 1. The summed E-state index contributed by atoms with van der Waals surface area (Å²) < 4.78 is 3.87. The molecule has 2 aliphatic rings. The summed E-state index contributed by atoms with van der Waals surface area (Å²) in [6.45, 7) is 4.07. The molecule has 1 atom stereocenters. The third-order valence-corrected chi connectivity index (χ3v) is 8.49. The van der Waals surface area contributed by atoms with Gasteiger partial charge in [-0.05, 0) is 50.0 Å². The molecule has 1 unspecified atom stereocenters. The fraction of sp³-hybridized carbons (Fsp3) is 0.550. The van der Waals surface area contributed by atoms with E-state index in [1.807, 2.05) is 16.2 Å². The number of amides is 1. The van der Waals surface area contributed by atoms with Gasteiger partial charge in [0.15, 0.2) is 10.8 Å². The fourth-order valence-electron chi connectivity index (χ4n) is 4.72. The maximum Gasteiger partial charge on any atom is 0.260 e. The van der Waals surface area contributed by atoms with Crippen LogP contribution in [-0.4, -0.2) is 58.8 Å². The number of likely N-dealkylation sites (tertiary alicyclic amines) is 1. The lowest BCUT2D eigenvalue weighted by atomic mass is 9.89. The van der Waals surface area contributed by atoms with Gasteiger partial charge in [0, 0.05) is 18.0 Å². The molecule has 4 aromatic heterocycles. The second kappa shape index (κ2) is 7.19. The Labute approximate surface area is 181 Å². The van der Waals surface area contributed by atoms with Crippen molar-refractivity contribution in [3.8, 4) is 0 Å². The topological polar surface area (TPSA) is 80.7 Å². The number of hydrogen-bond acceptors (Lipinski definition) is 7. The van der Waals surface area contributed by atoms with E-state index in [-0.39, 0.29) is 5.91 Å². The third kappa shape index (κ3) is 2.84. The van der Waals surface area contributed by atoms with Gasteiger partial charge in [0.05, 0.1) is 11.1 Å². The van der Waals surface area contributed by atoms with Gasteiger partial charge in [0.25, 0.3) is 5.78 Å². The van der Waals surface area contributed by atoms with Gasteiger partial charge in [0.2, 0.25) is 5.91 Å². The van der Waals surface area contributed by atoms with Crippen LogP contribution >= 0.6 is 23.1 Å². The Morgan fingerprint density at radius 3 is 3.00 bits per heavy atom. The monoisotopic (exact) mass is 441 g/mol. The van der Waals surface area contributed by atoms with E-state index < -0.39 is 0 Å². The Kier molecular flexibility index (Phi) is 4.45. The first-order chi connectivity index (χ1) is 14.7. The quantitative estimate of drug-likeness (QED) is 0.454. The number of rotatable bonds is 3. The van der Waals surface area contributed by atoms with Crippen molar-refractivity contribution in [3.05, 3.63) is 16.8 Å². The summed E-state index contributed by atoms with van der Waals surface area (Å²) in [4.78, 5) is 21.8. The number of hydrogen-bond donors (Lipinski definition) is 0. The van der Waals surface area contributed by atoms with Gasteiger partial charge < -0.3 is 4.90 Å². The van der Waals surface area contributed by atoms with Gasteiger partial charge in [-0.3, -0.25) is 4.79 Å². The van der Waals surface area contributed by atoms with Crippen molar-refractivity contribution in [1.29, 1.82) is 0 Å². The molecular weight excluding hydrogens is 418 g/mol. The molecule has 1 amide bonds. The number of nitrogens with zero attached hydrogens (tertiary/aromatic N) is 7. The Hall–Kier alpha value is -2.20. The molecule has 10 heteroatoms. The van der Waals surface area contributed by atoms with E-state index in [0.29, 0.717) is 17.4 Å². The predicted molar refractivity (Wildman–Crippen MR) is 117 cm³/mol. The first-order valence-electron chi connectivity index (χ1n) is 10.6. The Balaban J connectivity index is 1.45. The van der Waals surface area contributed by atoms with Crippen molar-refractivity contribution in [1.82, 2.24) is 34.1 Å². The van der Waals surface area contributed by atoms with E-state index in [9.17, 15) is 4.79 Å². The standard InChI is InChI=1S/C20H23N7OS2/c1-12-5-6-14-13(9-12)16-17-21-11-22-27(17)19-23-24-20(26(19)18(16)30-14)29-10-15(28)25-7-3-2-4-8-25/h11-12H,2-10H2,1H3. The first-order valence-corrected chi connectivity index (χ1v) is 12.4. The smallest absolute Gasteiger partial charge is 0.260 e. The molecule has 1 fully saturated rings. The number of aromatic nitrogens is 6. The Bertz CT molecular complexity index is 1270. The minimum absolute atomic E-state index is 0.189. The van der Waals surface area contributed by atoms with Crippen LogP contribution in [0.4, 0.5) is 0 Å². The molecule has 1 saturated heterocycles. The average Bonchev–Trinajstić information content (AvgIpc) is 3.48. The van der Waals surface area contributed by atoms with E-state index in [2.05, 4.69) is 31.6 Å². The maximum atomic E-state index is 12.7. The zero-order valence-electron chi connectivity index (χ0n) is 16.9. The van der Waals surface area contributed by atoms with Crippen molar-refractivity contribution in [2.75, 3.05) is 18.8 Å². The molecule has 1 aliphatic carbocycles. The molecule has 156 valence electrons. The molecule has 0 radical (unpaired) electrons. The first kappa shape index (κ1) is 18.6. The normalized spacial score (nSPS) is 19.8. The SMILES string of the molecule is CC1CCc2sc3c(c2C1)c1ncnn1c1nnc(SCC(=O)N2CCCCC2)n31. The second-order valence-corrected chi connectivity index (χ2v) is 10.4. The van der Waals surface area contributed by atoms with E-state index in [0.717, 1.165) is 54.4 Å². The van der Waals surface area contributed by atoms with Crippen molar-refractivity contribution in [2.45, 2.75) is 50.6 Å². The highest BCUT2D eigenvalue weighted by molar-refractivity contribution is 7.99. The lowest BCUT2D eigenvalue weighted by molar-refractivity contribution is -0.129. The van der Waals surface area contributed by atoms with Crippen LogP contribution in [0.3, 0.4) is 0 Å². The van der Waals surface area contributed by atoms with E-state index in [1.165, 1.54) is 40.4 Å². The lowest BCUT2D eigenvalue weighted by Gasteiger charge is -2.26. The fourth-order valence-corrected chi connectivity index (χ4v) is 6.95. The molecule has 0 spiro atoms. The molecule has 0 N–H and O–H groups in total. The summed E-state index contributed by atoms with van der Waals surface area (Å²) >= 11 is 3.30. The molecule has 1 aliphatic heterocycles. The van der Waals surface area contributed by atoms with Crippen LogP contribution in [0, 0.1) is 5.92 Å². The zero-order valence-corrected chi connectivity index (χ0v) is 18.5. The van der Waals surface area contributed by atoms with Crippen molar-refractivity contribution < 1.29 is 4.79 Å². The molecule has 30 heavy (non-hydrogen) atoms. The molecule has 0 bridgehead atoms. The van der Waals surface area contributed by atoms with Crippen LogP contribution in [0.5, 0.6) is 0 Å². The molecule has 8 nitrogen and oxygen atoms in total. The van der Waals surface area contributed by atoms with Crippen LogP contribution in [0.1, 0.15) is 43.0 Å². The summed E-state index contributed by atoms with van der Waals surface area (Å²) in [6.07, 6.45) is 8.42. The summed E-state index contributed by atoms with van der Waals surface area (Å²) in [7, 11) is 0. The molecule has 5 heterocycles. The summed E-state index contributed by atoms with van der Waals surface area (Å²) in [5, 5.41) is 15.2. The van der Waals surface area contributed by atoms with Crippen LogP contribution in [0.25, 0.3) is 21.6 Å². The van der Waals surface area contributed by atoms with Gasteiger partial charge in [-0.1, -0.05) is 18.7 Å². The zero-order chi connectivity index (χ0) is 20.2. The number of fused-ring (bicyclic) bond motifs is 8. The highest BCUT2D eigenvalue weighted by Crippen LogP contribution is 2.40. The van der Waals surface area contributed by atoms with E-state index >= 15 is 0 Å². The van der Waals surface area contributed by atoms with Crippen molar-refractivity contribution in [2.24, 2.45) is 5.92 Å². The number of aryl methyl sites for hydroxylation is 1. The second-order valence-electron chi connectivity index (χ2n) is 8.38. The lowest BCUT2D eigenvalue weighted by Crippen LogP contribution is -2.36. The van der Waals surface area contributed by atoms with Gasteiger partial charge in [0.1, 0.15) is 11.2 Å². The number of carbonyl (C=O) groups excluding carboxylic acids is 1. The highest BCUT2D eigenvalue weighted by Gasteiger charge is 2.27. The largest absolute Gasteiger partial charge is 0.342 e. The summed E-state index contributed by atoms with van der Waals surface area (Å²) in [5.41, 5.74) is 2.26. The third-order valence-electron chi connectivity index (χ3n) is 6.30. The maximum absolute atomic E-state index is 12.7. The number of carbonyl (C=O) groups is 1. The van der Waals surface area contributed by atoms with Crippen molar-refractivity contribution >= 4 is 50.6 Å². The molecule has 0 aromatic carbocycles. The molecule has 0 saturated carbocycles. The van der Waals surface area contributed by atoms with Crippen LogP contribution in [0.2, 0.25) is 0 Å². The number of piperidine rings is 1. The van der Waals surface area contributed by atoms with Gasteiger partial charge in [-0.2, -0.15) is 9.61 Å². The van der Waals surface area contributed by atoms with E-state index in [1.54, 1.807) is 10.8 Å². The van der Waals surface area contributed by atoms with Crippen LogP contribution in [0.15, 0.2) is 11.5 Å². The minimum atomic E-state index is 0.189. The Morgan fingerprint density at radius 1 is 1.27 bits per heavy atom. The van der Waals surface area contributed by atoms with E-state index in [4.69, 9.17) is 0 Å². The van der Waals surface area contributed by atoms with Crippen molar-refractivity contribution in [3.63, 3.8) is 0 Å². The van der Waals surface area contributed by atoms with Gasteiger partial charge in [-0.25, -0.2) is 9.38 Å². The summed E-state index contributed by atoms with van der Waals surface area (Å²) in [6, 6.07) is 0.